The molecule has 0 bridgehead atoms. The molecule has 0 fully saturated rings. The van der Waals surface area contributed by atoms with Crippen molar-refractivity contribution in [1.82, 2.24) is 14.8 Å². The minimum Gasteiger partial charge on any atom is -0.399 e. The summed E-state index contributed by atoms with van der Waals surface area (Å²) in [6.07, 6.45) is 3.55. The molecule has 0 aliphatic heterocycles. The molecule has 0 atom stereocenters. The normalized spacial score (nSPS) is 11.0. The molecule has 2 N–H and O–H groups in total. The van der Waals surface area contributed by atoms with Gasteiger partial charge in [0.1, 0.15) is 12.2 Å². The van der Waals surface area contributed by atoms with E-state index in [2.05, 4.69) is 34.7 Å². The lowest BCUT2D eigenvalue weighted by molar-refractivity contribution is 0.565. The van der Waals surface area contributed by atoms with Crippen LogP contribution in [-0.4, -0.2) is 14.8 Å². The molecule has 0 saturated heterocycles. The second-order valence-corrected chi connectivity index (χ2v) is 4.45. The van der Waals surface area contributed by atoms with E-state index >= 15 is 0 Å². The average Bonchev–Trinajstić information content (AvgIpc) is 2.76. The van der Waals surface area contributed by atoms with Crippen molar-refractivity contribution < 1.29 is 0 Å². The smallest absolute Gasteiger partial charge is 0.133 e. The summed E-state index contributed by atoms with van der Waals surface area (Å²) < 4.78 is 2.10. The molecular formula is C13H18N4. The van der Waals surface area contributed by atoms with Crippen LogP contribution in [0.3, 0.4) is 0 Å². The van der Waals surface area contributed by atoms with Crippen molar-refractivity contribution in [3.05, 3.63) is 42.0 Å². The van der Waals surface area contributed by atoms with E-state index in [4.69, 9.17) is 5.73 Å². The molecule has 90 valence electrons. The van der Waals surface area contributed by atoms with Crippen LogP contribution in [0.5, 0.6) is 0 Å². The van der Waals surface area contributed by atoms with Crippen molar-refractivity contribution in [2.75, 3.05) is 5.73 Å². The first-order valence-corrected chi connectivity index (χ1v) is 5.90. The lowest BCUT2D eigenvalue weighted by atomic mass is 10.1. The Morgan fingerprint density at radius 2 is 2.00 bits per heavy atom. The second-order valence-electron chi connectivity index (χ2n) is 4.45. The van der Waals surface area contributed by atoms with Crippen LogP contribution < -0.4 is 5.73 Å². The molecule has 0 aliphatic carbocycles. The molecule has 4 heteroatoms. The van der Waals surface area contributed by atoms with E-state index in [1.54, 1.807) is 6.33 Å². The highest BCUT2D eigenvalue weighted by atomic mass is 15.3. The van der Waals surface area contributed by atoms with Crippen LogP contribution >= 0.6 is 0 Å². The molecule has 4 nitrogen and oxygen atoms in total. The number of aryl methyl sites for hydroxylation is 2. The zero-order chi connectivity index (χ0) is 12.3. The quantitative estimate of drug-likeness (QED) is 0.819. The first-order chi connectivity index (χ1) is 8.18. The molecule has 0 radical (unpaired) electrons. The van der Waals surface area contributed by atoms with E-state index in [0.717, 1.165) is 24.4 Å². The summed E-state index contributed by atoms with van der Waals surface area (Å²) in [5.74, 6) is 1.02. The first kappa shape index (κ1) is 11.6. The Balaban J connectivity index is 2.08. The van der Waals surface area contributed by atoms with Gasteiger partial charge in [0.05, 0.1) is 0 Å². The minimum atomic E-state index is 0.396. The third kappa shape index (κ3) is 2.64. The van der Waals surface area contributed by atoms with Crippen LogP contribution in [0.25, 0.3) is 0 Å². The number of hydrogen-bond acceptors (Lipinski definition) is 3. The van der Waals surface area contributed by atoms with Crippen molar-refractivity contribution in [1.29, 1.82) is 0 Å². The summed E-state index contributed by atoms with van der Waals surface area (Å²) in [6, 6.07) is 8.36. The number of aromatic nitrogens is 3. The number of nitrogens with two attached hydrogens (primary N) is 1. The molecule has 0 unspecified atom stereocenters. The molecule has 1 heterocycles. The molecule has 17 heavy (non-hydrogen) atoms. The van der Waals surface area contributed by atoms with Gasteiger partial charge in [0.2, 0.25) is 0 Å². The third-order valence-corrected chi connectivity index (χ3v) is 2.88. The Kier molecular flexibility index (Phi) is 3.42. The number of anilines is 1. The lowest BCUT2D eigenvalue weighted by Gasteiger charge is -2.10. The first-order valence-electron chi connectivity index (χ1n) is 5.90. The number of para-hydroxylation sites is 1. The highest BCUT2D eigenvalue weighted by Crippen LogP contribution is 2.14. The molecule has 0 saturated carbocycles. The molecule has 1 aromatic carbocycles. The van der Waals surface area contributed by atoms with Gasteiger partial charge in [-0.25, -0.2) is 0 Å². The fourth-order valence-corrected chi connectivity index (χ4v) is 1.89. The highest BCUT2D eigenvalue weighted by Gasteiger charge is 2.08. The van der Waals surface area contributed by atoms with E-state index in [1.165, 1.54) is 5.56 Å². The monoisotopic (exact) mass is 230 g/mol. The van der Waals surface area contributed by atoms with Crippen LogP contribution in [0.4, 0.5) is 5.69 Å². The zero-order valence-electron chi connectivity index (χ0n) is 10.3. The van der Waals surface area contributed by atoms with Crippen LogP contribution in [0.2, 0.25) is 0 Å². The van der Waals surface area contributed by atoms with Gasteiger partial charge in [-0.3, -0.25) is 0 Å². The molecular weight excluding hydrogens is 212 g/mol. The van der Waals surface area contributed by atoms with Gasteiger partial charge in [0, 0.05) is 18.2 Å². The standard InChI is InChI=1S/C13H18N4/c1-10(2)17-9-15-16-13(17)8-7-11-5-3-4-6-12(11)14/h3-6,9-10H,7-8,14H2,1-2H3. The van der Waals surface area contributed by atoms with Gasteiger partial charge in [-0.1, -0.05) is 18.2 Å². The maximum absolute atomic E-state index is 5.92. The molecule has 2 aromatic rings. The molecule has 2 rings (SSSR count). The summed E-state index contributed by atoms with van der Waals surface area (Å²) in [5, 5.41) is 8.11. The van der Waals surface area contributed by atoms with Gasteiger partial charge in [-0.05, 0) is 31.9 Å². The summed E-state index contributed by atoms with van der Waals surface area (Å²) in [7, 11) is 0. The second kappa shape index (κ2) is 4.99. The largest absolute Gasteiger partial charge is 0.399 e. The molecule has 0 aliphatic rings. The predicted octanol–water partition coefficient (Wildman–Crippen LogP) is 2.23. The highest BCUT2D eigenvalue weighted by molar-refractivity contribution is 5.46. The maximum Gasteiger partial charge on any atom is 0.133 e. The van der Waals surface area contributed by atoms with Gasteiger partial charge >= 0.3 is 0 Å². The van der Waals surface area contributed by atoms with Crippen molar-refractivity contribution in [2.45, 2.75) is 32.7 Å². The Bertz CT molecular complexity index is 488. The topological polar surface area (TPSA) is 56.7 Å². The Labute approximate surface area is 101 Å². The average molecular weight is 230 g/mol. The van der Waals surface area contributed by atoms with E-state index in [-0.39, 0.29) is 0 Å². The number of nitrogen functional groups attached to an aromatic ring is 1. The van der Waals surface area contributed by atoms with E-state index in [1.807, 2.05) is 18.2 Å². The van der Waals surface area contributed by atoms with Gasteiger partial charge in [-0.15, -0.1) is 10.2 Å². The number of hydrogen-bond donors (Lipinski definition) is 1. The summed E-state index contributed by atoms with van der Waals surface area (Å²) in [5.41, 5.74) is 7.94. The number of rotatable bonds is 4. The van der Waals surface area contributed by atoms with E-state index in [9.17, 15) is 0 Å². The van der Waals surface area contributed by atoms with Gasteiger partial charge in [0.15, 0.2) is 0 Å². The van der Waals surface area contributed by atoms with E-state index < -0.39 is 0 Å². The molecule has 0 amide bonds. The Morgan fingerprint density at radius 3 is 2.71 bits per heavy atom. The molecule has 0 spiro atoms. The summed E-state index contributed by atoms with van der Waals surface area (Å²) in [4.78, 5) is 0. The van der Waals surface area contributed by atoms with Gasteiger partial charge < -0.3 is 10.3 Å². The summed E-state index contributed by atoms with van der Waals surface area (Å²) >= 11 is 0. The van der Waals surface area contributed by atoms with Crippen molar-refractivity contribution in [2.24, 2.45) is 0 Å². The van der Waals surface area contributed by atoms with Gasteiger partial charge in [-0.2, -0.15) is 0 Å². The zero-order valence-corrected chi connectivity index (χ0v) is 10.3. The van der Waals surface area contributed by atoms with Crippen molar-refractivity contribution >= 4 is 5.69 Å². The Hall–Kier alpha value is -1.84. The molecule has 1 aromatic heterocycles. The van der Waals surface area contributed by atoms with Crippen LogP contribution in [0.1, 0.15) is 31.3 Å². The number of nitrogens with zero attached hydrogens (tertiary/aromatic N) is 3. The Morgan fingerprint density at radius 1 is 1.24 bits per heavy atom. The fraction of sp³-hybridized carbons (Fsp3) is 0.385. The SMILES string of the molecule is CC(C)n1cnnc1CCc1ccccc1N. The summed E-state index contributed by atoms with van der Waals surface area (Å²) in [6.45, 7) is 4.26. The fourth-order valence-electron chi connectivity index (χ4n) is 1.89. The van der Waals surface area contributed by atoms with Crippen LogP contribution in [0.15, 0.2) is 30.6 Å². The predicted molar refractivity (Wildman–Crippen MR) is 68.7 cm³/mol. The van der Waals surface area contributed by atoms with Crippen molar-refractivity contribution in [3.63, 3.8) is 0 Å². The van der Waals surface area contributed by atoms with Crippen molar-refractivity contribution in [3.8, 4) is 0 Å². The minimum absolute atomic E-state index is 0.396. The third-order valence-electron chi connectivity index (χ3n) is 2.88. The maximum atomic E-state index is 5.92. The van der Waals surface area contributed by atoms with Crippen LogP contribution in [-0.2, 0) is 12.8 Å². The van der Waals surface area contributed by atoms with Crippen LogP contribution in [0, 0.1) is 0 Å². The van der Waals surface area contributed by atoms with E-state index in [0.29, 0.717) is 6.04 Å². The number of benzene rings is 1. The lowest BCUT2D eigenvalue weighted by Crippen LogP contribution is -2.07. The van der Waals surface area contributed by atoms with Gasteiger partial charge in [0.25, 0.3) is 0 Å².